The van der Waals surface area contributed by atoms with E-state index in [2.05, 4.69) is 28.1 Å². The Bertz CT molecular complexity index is 260. The molecule has 0 aromatic heterocycles. The molecule has 0 heterocycles. The van der Waals surface area contributed by atoms with Gasteiger partial charge in [0.1, 0.15) is 5.66 Å². The second-order valence-electron chi connectivity index (χ2n) is 3.47. The molecule has 0 fully saturated rings. The zero-order valence-electron chi connectivity index (χ0n) is 9.02. The van der Waals surface area contributed by atoms with Crippen LogP contribution in [0.1, 0.15) is 12.8 Å². The molecule has 0 bridgehead atoms. The highest BCUT2D eigenvalue weighted by Gasteiger charge is 2.42. The van der Waals surface area contributed by atoms with Crippen molar-refractivity contribution in [3.63, 3.8) is 0 Å². The van der Waals surface area contributed by atoms with Gasteiger partial charge in [-0.15, -0.1) is 0 Å². The molecule has 14 heavy (non-hydrogen) atoms. The van der Waals surface area contributed by atoms with Crippen LogP contribution in [0.4, 0.5) is 0 Å². The lowest BCUT2D eigenvalue weighted by Gasteiger charge is -2.37. The van der Waals surface area contributed by atoms with Gasteiger partial charge in [0.15, 0.2) is 0 Å². The number of hydrogen-bond acceptors (Lipinski definition) is 4. The van der Waals surface area contributed by atoms with Crippen LogP contribution in [0, 0.1) is 17.2 Å². The maximum absolute atomic E-state index is 8.76. The van der Waals surface area contributed by atoms with E-state index < -0.39 is 0 Å². The van der Waals surface area contributed by atoms with E-state index in [4.69, 9.17) is 5.26 Å². The molecule has 0 saturated carbocycles. The average molecular weight is 194 g/mol. The van der Waals surface area contributed by atoms with Crippen LogP contribution in [-0.4, -0.2) is 26.8 Å². The number of nitrogens with one attached hydrogen (secondary N) is 3. The smallest absolute Gasteiger partial charge is 0.113 e. The molecule has 0 spiro atoms. The fourth-order valence-corrected chi connectivity index (χ4v) is 2.27. The quantitative estimate of drug-likeness (QED) is 0.558. The predicted octanol–water partition coefficient (Wildman–Crippen LogP) is 0.158. The molecule has 0 aromatic rings. The molecule has 3 N–H and O–H groups in total. The summed E-state index contributed by atoms with van der Waals surface area (Å²) in [5, 5.41) is 18.5. The van der Waals surface area contributed by atoms with Crippen molar-refractivity contribution in [2.75, 3.05) is 21.1 Å². The minimum Gasteiger partial charge on any atom is -0.389 e. The second-order valence-corrected chi connectivity index (χ2v) is 3.47. The molecule has 0 aromatic carbocycles. The van der Waals surface area contributed by atoms with Crippen LogP contribution in [0.3, 0.4) is 0 Å². The van der Waals surface area contributed by atoms with Gasteiger partial charge in [-0.05, 0) is 20.5 Å². The van der Waals surface area contributed by atoms with Gasteiger partial charge >= 0.3 is 0 Å². The first-order chi connectivity index (χ1) is 6.75. The average Bonchev–Trinajstić information content (AvgIpc) is 2.57. The lowest BCUT2D eigenvalue weighted by atomic mass is 9.91. The summed E-state index contributed by atoms with van der Waals surface area (Å²) in [5.74, 6) is 0.296. The second kappa shape index (κ2) is 4.45. The van der Waals surface area contributed by atoms with Crippen molar-refractivity contribution in [1.82, 2.24) is 16.0 Å². The van der Waals surface area contributed by atoms with Crippen molar-refractivity contribution >= 4 is 0 Å². The van der Waals surface area contributed by atoms with Crippen molar-refractivity contribution in [2.45, 2.75) is 18.5 Å². The summed E-state index contributed by atoms with van der Waals surface area (Å²) in [7, 11) is 5.73. The third-order valence-electron chi connectivity index (χ3n) is 3.04. The van der Waals surface area contributed by atoms with E-state index in [-0.39, 0.29) is 5.66 Å². The largest absolute Gasteiger partial charge is 0.389 e. The van der Waals surface area contributed by atoms with Crippen LogP contribution in [-0.2, 0) is 0 Å². The molecule has 1 unspecified atom stereocenters. The van der Waals surface area contributed by atoms with Gasteiger partial charge in [-0.3, -0.25) is 10.6 Å². The van der Waals surface area contributed by atoms with E-state index >= 15 is 0 Å². The first-order valence-corrected chi connectivity index (χ1v) is 4.88. The zero-order valence-corrected chi connectivity index (χ0v) is 9.02. The van der Waals surface area contributed by atoms with Gasteiger partial charge in [-0.25, -0.2) is 0 Å². The highest BCUT2D eigenvalue weighted by molar-refractivity contribution is 5.26. The highest BCUT2D eigenvalue weighted by Crippen LogP contribution is 2.33. The summed E-state index contributed by atoms with van der Waals surface area (Å²) < 4.78 is 0. The van der Waals surface area contributed by atoms with Gasteiger partial charge in [0.25, 0.3) is 0 Å². The van der Waals surface area contributed by atoms with Crippen LogP contribution >= 0.6 is 0 Å². The van der Waals surface area contributed by atoms with E-state index in [1.165, 1.54) is 0 Å². The molecule has 78 valence electrons. The van der Waals surface area contributed by atoms with Crippen LogP contribution in [0.5, 0.6) is 0 Å². The fourth-order valence-electron chi connectivity index (χ4n) is 2.27. The topological polar surface area (TPSA) is 59.9 Å². The predicted molar refractivity (Wildman–Crippen MR) is 56.3 cm³/mol. The summed E-state index contributed by atoms with van der Waals surface area (Å²) in [5.41, 5.74) is 0.868. The number of hydrogen-bond donors (Lipinski definition) is 3. The molecule has 1 rings (SSSR count). The van der Waals surface area contributed by atoms with E-state index in [9.17, 15) is 0 Å². The van der Waals surface area contributed by atoms with Crippen LogP contribution < -0.4 is 16.0 Å². The highest BCUT2D eigenvalue weighted by atomic mass is 15.2. The van der Waals surface area contributed by atoms with E-state index in [0.29, 0.717) is 12.3 Å². The number of likely N-dealkylation sites (N-methyl/N-ethyl adjacent to an activating group) is 3. The molecule has 0 amide bonds. The van der Waals surface area contributed by atoms with Gasteiger partial charge in [0, 0.05) is 25.1 Å². The Morgan fingerprint density at radius 3 is 2.57 bits per heavy atom. The maximum atomic E-state index is 8.76. The van der Waals surface area contributed by atoms with E-state index in [1.54, 1.807) is 0 Å². The fraction of sp³-hybridized carbons (Fsp3) is 0.700. The number of allylic oxidation sites excluding steroid dienone is 1. The van der Waals surface area contributed by atoms with E-state index in [0.717, 1.165) is 12.1 Å². The monoisotopic (exact) mass is 194 g/mol. The molecule has 1 aliphatic rings. The summed E-state index contributed by atoms with van der Waals surface area (Å²) >= 11 is 0. The van der Waals surface area contributed by atoms with Crippen molar-refractivity contribution in [1.29, 1.82) is 5.26 Å². The molecule has 1 aliphatic carbocycles. The molecule has 4 heteroatoms. The number of nitriles is 1. The van der Waals surface area contributed by atoms with Crippen molar-refractivity contribution in [2.24, 2.45) is 5.92 Å². The van der Waals surface area contributed by atoms with Gasteiger partial charge in [-0.1, -0.05) is 6.08 Å². The van der Waals surface area contributed by atoms with Crippen LogP contribution in [0.2, 0.25) is 0 Å². The molecule has 4 nitrogen and oxygen atoms in total. The van der Waals surface area contributed by atoms with Crippen LogP contribution in [0.25, 0.3) is 0 Å². The first-order valence-electron chi connectivity index (χ1n) is 4.88. The van der Waals surface area contributed by atoms with Crippen molar-refractivity contribution < 1.29 is 0 Å². The Morgan fingerprint density at radius 1 is 1.50 bits per heavy atom. The lowest BCUT2D eigenvalue weighted by Crippen LogP contribution is -2.60. The summed E-state index contributed by atoms with van der Waals surface area (Å²) in [6, 6.07) is 2.24. The molecule has 1 atom stereocenters. The Labute approximate surface area is 85.4 Å². The van der Waals surface area contributed by atoms with Gasteiger partial charge in [0.2, 0.25) is 0 Å². The molecular weight excluding hydrogens is 176 g/mol. The Morgan fingerprint density at radius 2 is 2.14 bits per heavy atom. The summed E-state index contributed by atoms with van der Waals surface area (Å²) in [6.45, 7) is 0. The maximum Gasteiger partial charge on any atom is 0.113 e. The Hall–Kier alpha value is -1.05. The Kier molecular flexibility index (Phi) is 3.50. The molecule has 0 saturated heterocycles. The summed E-state index contributed by atoms with van der Waals surface area (Å²) in [4.78, 5) is 0. The van der Waals surface area contributed by atoms with Gasteiger partial charge < -0.3 is 5.32 Å². The van der Waals surface area contributed by atoms with Crippen molar-refractivity contribution in [3.05, 3.63) is 11.8 Å². The molecule has 0 aliphatic heterocycles. The van der Waals surface area contributed by atoms with Gasteiger partial charge in [-0.2, -0.15) is 5.26 Å². The lowest BCUT2D eigenvalue weighted by molar-refractivity contribution is 0.241. The number of nitrogens with zero attached hydrogens (tertiary/aromatic N) is 1. The molecular formula is C10H18N4. The third-order valence-corrected chi connectivity index (χ3v) is 3.04. The zero-order chi connectivity index (χ0) is 10.6. The SMILES string of the molecule is CNC1=CCC(CC#N)C1(NC)NC. The minimum atomic E-state index is -0.259. The standard InChI is InChI=1S/C10H18N4/c1-12-9-5-4-8(6-7-11)10(9,13-2)14-3/h5,8,12-14H,4,6H2,1-3H3. The number of rotatable bonds is 4. The van der Waals surface area contributed by atoms with Gasteiger partial charge in [0.05, 0.1) is 6.07 Å². The third kappa shape index (κ3) is 1.49. The normalized spacial score (nSPS) is 24.1. The van der Waals surface area contributed by atoms with Crippen molar-refractivity contribution in [3.8, 4) is 6.07 Å². The first kappa shape index (κ1) is 11.0. The molecule has 0 radical (unpaired) electrons. The minimum absolute atomic E-state index is 0.259. The van der Waals surface area contributed by atoms with Crippen LogP contribution in [0.15, 0.2) is 11.8 Å². The summed E-state index contributed by atoms with van der Waals surface area (Å²) in [6.07, 6.45) is 3.64. The van der Waals surface area contributed by atoms with E-state index in [1.807, 2.05) is 21.1 Å². The Balaban J connectivity index is 2.91.